The second-order valence-corrected chi connectivity index (χ2v) is 5.04. The summed E-state index contributed by atoms with van der Waals surface area (Å²) in [6.07, 6.45) is 1.77. The van der Waals surface area contributed by atoms with Gasteiger partial charge in [-0.3, -0.25) is 4.79 Å². The van der Waals surface area contributed by atoms with Crippen LogP contribution in [0.3, 0.4) is 0 Å². The molecule has 0 atom stereocenters. The van der Waals surface area contributed by atoms with Gasteiger partial charge in [0.05, 0.1) is 14.2 Å². The number of benzene rings is 1. The van der Waals surface area contributed by atoms with Crippen LogP contribution in [0.5, 0.6) is 11.5 Å². The number of hydrogen-bond donors (Lipinski definition) is 2. The quantitative estimate of drug-likeness (QED) is 0.896. The van der Waals surface area contributed by atoms with Gasteiger partial charge in [-0.1, -0.05) is 0 Å². The molecule has 6 heteroatoms. The van der Waals surface area contributed by atoms with Crippen LogP contribution in [0, 0.1) is 12.8 Å². The molecule has 0 unspecified atom stereocenters. The van der Waals surface area contributed by atoms with Gasteiger partial charge in [-0.25, -0.2) is 0 Å². The van der Waals surface area contributed by atoms with Gasteiger partial charge in [0.25, 0.3) is 0 Å². The third kappa shape index (κ3) is 4.25. The highest BCUT2D eigenvalue weighted by Crippen LogP contribution is 2.33. The lowest BCUT2D eigenvalue weighted by Crippen LogP contribution is -2.34. The predicted octanol–water partition coefficient (Wildman–Crippen LogP) is 2.37. The molecule has 2 N–H and O–H groups in total. The molecule has 1 fully saturated rings. The average molecular weight is 315 g/mol. The third-order valence-corrected chi connectivity index (χ3v) is 3.70. The van der Waals surface area contributed by atoms with Crippen LogP contribution in [0.2, 0.25) is 0 Å². The summed E-state index contributed by atoms with van der Waals surface area (Å²) in [6.45, 7) is 3.76. The first kappa shape index (κ1) is 17.6. The first-order chi connectivity index (χ1) is 9.65. The van der Waals surface area contributed by atoms with E-state index in [1.807, 2.05) is 19.1 Å². The number of piperidine rings is 1. The molecule has 1 amide bonds. The fourth-order valence-electron chi connectivity index (χ4n) is 2.43. The van der Waals surface area contributed by atoms with E-state index in [2.05, 4.69) is 10.6 Å². The SMILES string of the molecule is COc1cc(C)c(NC(=O)C2CCNCC2)cc1OC.Cl. The van der Waals surface area contributed by atoms with Gasteiger partial charge in [-0.05, 0) is 44.5 Å². The normalized spacial score (nSPS) is 15.0. The van der Waals surface area contributed by atoms with Crippen LogP contribution in [-0.4, -0.2) is 33.2 Å². The highest BCUT2D eigenvalue weighted by Gasteiger charge is 2.21. The zero-order valence-corrected chi connectivity index (χ0v) is 13.5. The average Bonchev–Trinajstić information content (AvgIpc) is 2.49. The number of halogens is 1. The van der Waals surface area contributed by atoms with Crippen molar-refractivity contribution in [3.63, 3.8) is 0 Å². The van der Waals surface area contributed by atoms with Crippen LogP contribution in [-0.2, 0) is 4.79 Å². The van der Waals surface area contributed by atoms with Crippen molar-refractivity contribution in [1.82, 2.24) is 5.32 Å². The standard InChI is InChI=1S/C15H22N2O3.ClH/c1-10-8-13(19-2)14(20-3)9-12(10)17-15(18)11-4-6-16-7-5-11;/h8-9,11,16H,4-7H2,1-3H3,(H,17,18);1H. The number of hydrogen-bond acceptors (Lipinski definition) is 4. The Morgan fingerprint density at radius 1 is 1.19 bits per heavy atom. The Balaban J connectivity index is 0.00000220. The Kier molecular flexibility index (Phi) is 6.78. The molecule has 1 aliphatic heterocycles. The zero-order valence-electron chi connectivity index (χ0n) is 12.7. The summed E-state index contributed by atoms with van der Waals surface area (Å²) in [6, 6.07) is 3.68. The molecular weight excluding hydrogens is 292 g/mol. The van der Waals surface area contributed by atoms with Gasteiger partial charge < -0.3 is 20.1 Å². The summed E-state index contributed by atoms with van der Waals surface area (Å²) >= 11 is 0. The van der Waals surface area contributed by atoms with Crippen molar-refractivity contribution < 1.29 is 14.3 Å². The molecule has 5 nitrogen and oxygen atoms in total. The molecule has 0 aromatic heterocycles. The minimum Gasteiger partial charge on any atom is -0.493 e. The molecule has 0 bridgehead atoms. The van der Waals surface area contributed by atoms with Crippen molar-refractivity contribution in [3.8, 4) is 11.5 Å². The lowest BCUT2D eigenvalue weighted by atomic mass is 9.97. The van der Waals surface area contributed by atoms with E-state index in [1.165, 1.54) is 0 Å². The minimum absolute atomic E-state index is 0. The van der Waals surface area contributed by atoms with Gasteiger partial charge in [0, 0.05) is 17.7 Å². The number of ether oxygens (including phenoxy) is 2. The highest BCUT2D eigenvalue weighted by atomic mass is 35.5. The Labute approximate surface area is 131 Å². The molecule has 2 rings (SSSR count). The van der Waals surface area contributed by atoms with Gasteiger partial charge in [-0.2, -0.15) is 0 Å². The molecule has 1 heterocycles. The van der Waals surface area contributed by atoms with E-state index in [9.17, 15) is 4.79 Å². The van der Waals surface area contributed by atoms with Gasteiger partial charge in [0.1, 0.15) is 0 Å². The van der Waals surface area contributed by atoms with E-state index in [-0.39, 0.29) is 24.2 Å². The summed E-state index contributed by atoms with van der Waals surface area (Å²) < 4.78 is 10.5. The van der Waals surface area contributed by atoms with Gasteiger partial charge >= 0.3 is 0 Å². The topological polar surface area (TPSA) is 59.6 Å². The molecule has 0 radical (unpaired) electrons. The summed E-state index contributed by atoms with van der Waals surface area (Å²) in [5.41, 5.74) is 1.75. The van der Waals surface area contributed by atoms with Crippen LogP contribution in [0.1, 0.15) is 18.4 Å². The van der Waals surface area contributed by atoms with Crippen LogP contribution in [0.25, 0.3) is 0 Å². The van der Waals surface area contributed by atoms with Gasteiger partial charge in [-0.15, -0.1) is 12.4 Å². The fourth-order valence-corrected chi connectivity index (χ4v) is 2.43. The van der Waals surface area contributed by atoms with Crippen LogP contribution >= 0.6 is 12.4 Å². The summed E-state index contributed by atoms with van der Waals surface area (Å²) in [7, 11) is 3.19. The number of nitrogens with one attached hydrogen (secondary N) is 2. The van der Waals surface area contributed by atoms with Crippen molar-refractivity contribution in [2.24, 2.45) is 5.92 Å². The van der Waals surface area contributed by atoms with E-state index in [4.69, 9.17) is 9.47 Å². The van der Waals surface area contributed by atoms with Crippen molar-refractivity contribution in [2.75, 3.05) is 32.6 Å². The van der Waals surface area contributed by atoms with Crippen molar-refractivity contribution >= 4 is 24.0 Å². The molecule has 0 aliphatic carbocycles. The van der Waals surface area contributed by atoms with E-state index in [0.29, 0.717) is 11.5 Å². The molecule has 1 aliphatic rings. The minimum atomic E-state index is 0. The molecule has 118 valence electrons. The van der Waals surface area contributed by atoms with Crippen LogP contribution in [0.15, 0.2) is 12.1 Å². The second-order valence-electron chi connectivity index (χ2n) is 5.04. The van der Waals surface area contributed by atoms with E-state index < -0.39 is 0 Å². The van der Waals surface area contributed by atoms with Crippen molar-refractivity contribution in [3.05, 3.63) is 17.7 Å². The largest absolute Gasteiger partial charge is 0.493 e. The van der Waals surface area contributed by atoms with Crippen LogP contribution < -0.4 is 20.1 Å². The monoisotopic (exact) mass is 314 g/mol. The predicted molar refractivity (Wildman–Crippen MR) is 85.8 cm³/mol. The molecular formula is C15H23ClN2O3. The molecule has 0 saturated carbocycles. The maximum absolute atomic E-state index is 12.3. The highest BCUT2D eigenvalue weighted by molar-refractivity contribution is 5.93. The number of methoxy groups -OCH3 is 2. The lowest BCUT2D eigenvalue weighted by Gasteiger charge is -2.22. The number of anilines is 1. The molecule has 1 aromatic rings. The molecule has 0 spiro atoms. The summed E-state index contributed by atoms with van der Waals surface area (Å²) in [4.78, 5) is 12.3. The van der Waals surface area contributed by atoms with E-state index >= 15 is 0 Å². The van der Waals surface area contributed by atoms with E-state index in [1.54, 1.807) is 14.2 Å². The Hall–Kier alpha value is -1.46. The first-order valence-electron chi connectivity index (χ1n) is 6.90. The third-order valence-electron chi connectivity index (χ3n) is 3.70. The van der Waals surface area contributed by atoms with E-state index in [0.717, 1.165) is 37.2 Å². The van der Waals surface area contributed by atoms with Crippen molar-refractivity contribution in [2.45, 2.75) is 19.8 Å². The number of carbonyl (C=O) groups is 1. The van der Waals surface area contributed by atoms with Crippen molar-refractivity contribution in [1.29, 1.82) is 0 Å². The van der Waals surface area contributed by atoms with Gasteiger partial charge in [0.2, 0.25) is 5.91 Å². The first-order valence-corrected chi connectivity index (χ1v) is 6.90. The maximum atomic E-state index is 12.3. The Bertz CT molecular complexity index is 488. The Morgan fingerprint density at radius 3 is 2.33 bits per heavy atom. The number of aryl methyl sites for hydroxylation is 1. The lowest BCUT2D eigenvalue weighted by molar-refractivity contribution is -0.120. The number of carbonyl (C=O) groups excluding carboxylic acids is 1. The van der Waals surface area contributed by atoms with Crippen LogP contribution in [0.4, 0.5) is 5.69 Å². The summed E-state index contributed by atoms with van der Waals surface area (Å²) in [5.74, 6) is 1.47. The number of amides is 1. The Morgan fingerprint density at radius 2 is 1.76 bits per heavy atom. The fraction of sp³-hybridized carbons (Fsp3) is 0.533. The smallest absolute Gasteiger partial charge is 0.227 e. The zero-order chi connectivity index (χ0) is 14.5. The van der Waals surface area contributed by atoms with Gasteiger partial charge in [0.15, 0.2) is 11.5 Å². The summed E-state index contributed by atoms with van der Waals surface area (Å²) in [5, 5.41) is 6.27. The molecule has 1 saturated heterocycles. The molecule has 1 aromatic carbocycles. The second kappa shape index (κ2) is 8.10. The maximum Gasteiger partial charge on any atom is 0.227 e. The number of rotatable bonds is 4. The molecule has 21 heavy (non-hydrogen) atoms.